The van der Waals surface area contributed by atoms with Crippen molar-refractivity contribution in [1.29, 1.82) is 0 Å². The molecule has 0 aliphatic carbocycles. The maximum absolute atomic E-state index is 11.8. The number of phenolic OH excluding ortho intramolecular Hbond substituents is 2. The van der Waals surface area contributed by atoms with Crippen molar-refractivity contribution in [2.75, 3.05) is 12.4 Å². The Morgan fingerprint density at radius 3 is 2.29 bits per heavy atom. The van der Waals surface area contributed by atoms with Crippen LogP contribution in [0.5, 0.6) is 17.2 Å². The summed E-state index contributed by atoms with van der Waals surface area (Å²) in [6.07, 6.45) is 2.93. The summed E-state index contributed by atoms with van der Waals surface area (Å²) in [5.41, 5.74) is 0.814. The number of carbonyl (C=O) groups is 1. The Balaban J connectivity index is 2.05. The largest absolute Gasteiger partial charge is 0.506 e. The fourth-order valence-corrected chi connectivity index (χ4v) is 1.71. The third-order valence-corrected chi connectivity index (χ3v) is 2.81. The molecule has 1 amide bonds. The Morgan fingerprint density at radius 2 is 1.71 bits per heavy atom. The van der Waals surface area contributed by atoms with E-state index in [9.17, 15) is 15.0 Å². The fraction of sp³-hybridized carbons (Fsp3) is 0.0625. The molecule has 0 heterocycles. The van der Waals surface area contributed by atoms with E-state index in [1.807, 2.05) is 0 Å². The maximum Gasteiger partial charge on any atom is 0.248 e. The number of rotatable bonds is 4. The predicted octanol–water partition coefficient (Wildman–Crippen LogP) is 2.76. The number of aromatic hydroxyl groups is 2. The second kappa shape index (κ2) is 6.47. The number of amides is 1. The molecule has 0 aromatic heterocycles. The van der Waals surface area contributed by atoms with E-state index in [1.54, 1.807) is 37.5 Å². The number of ether oxygens (including phenoxy) is 1. The third-order valence-electron chi connectivity index (χ3n) is 2.81. The number of carbonyl (C=O) groups excluding carboxylic acids is 1. The molecule has 0 fully saturated rings. The molecule has 2 rings (SSSR count). The Hall–Kier alpha value is -2.95. The van der Waals surface area contributed by atoms with Crippen molar-refractivity contribution in [2.24, 2.45) is 0 Å². The predicted molar refractivity (Wildman–Crippen MR) is 80.4 cm³/mol. The molecule has 0 bridgehead atoms. The van der Waals surface area contributed by atoms with Crippen LogP contribution in [0.2, 0.25) is 0 Å². The molecule has 2 aromatic carbocycles. The lowest BCUT2D eigenvalue weighted by Crippen LogP contribution is -2.08. The molecule has 2 aromatic rings. The van der Waals surface area contributed by atoms with Gasteiger partial charge >= 0.3 is 0 Å². The summed E-state index contributed by atoms with van der Waals surface area (Å²) in [5.74, 6) is -0.110. The normalized spacial score (nSPS) is 10.5. The molecule has 0 atom stereocenters. The third kappa shape index (κ3) is 3.76. The van der Waals surface area contributed by atoms with E-state index in [0.717, 1.165) is 11.3 Å². The van der Waals surface area contributed by atoms with Gasteiger partial charge in [0.15, 0.2) is 0 Å². The Morgan fingerprint density at radius 1 is 1.10 bits per heavy atom. The molecule has 3 N–H and O–H groups in total. The van der Waals surface area contributed by atoms with Gasteiger partial charge in [0.25, 0.3) is 0 Å². The number of nitrogens with one attached hydrogen (secondary N) is 1. The lowest BCUT2D eigenvalue weighted by molar-refractivity contribution is -0.111. The van der Waals surface area contributed by atoms with Crippen LogP contribution in [0.15, 0.2) is 48.5 Å². The topological polar surface area (TPSA) is 78.8 Å². The van der Waals surface area contributed by atoms with Crippen LogP contribution in [0.4, 0.5) is 5.69 Å². The van der Waals surface area contributed by atoms with E-state index in [1.165, 1.54) is 24.3 Å². The molecule has 0 saturated heterocycles. The molecule has 5 heteroatoms. The second-order valence-corrected chi connectivity index (χ2v) is 4.27. The van der Waals surface area contributed by atoms with Crippen molar-refractivity contribution < 1.29 is 19.7 Å². The van der Waals surface area contributed by atoms with E-state index < -0.39 is 5.91 Å². The number of methoxy groups -OCH3 is 1. The summed E-state index contributed by atoms with van der Waals surface area (Å²) < 4.78 is 5.04. The minimum atomic E-state index is -0.456. The maximum atomic E-state index is 11.8. The molecule has 21 heavy (non-hydrogen) atoms. The van der Waals surface area contributed by atoms with Crippen LogP contribution in [-0.2, 0) is 4.79 Å². The number of anilines is 1. The average Bonchev–Trinajstić information content (AvgIpc) is 2.49. The molecular weight excluding hydrogens is 270 g/mol. The van der Waals surface area contributed by atoms with Gasteiger partial charge < -0.3 is 20.3 Å². The molecule has 5 nitrogen and oxygen atoms in total. The van der Waals surface area contributed by atoms with E-state index in [2.05, 4.69) is 5.32 Å². The lowest BCUT2D eigenvalue weighted by Gasteiger charge is -2.06. The first-order valence-corrected chi connectivity index (χ1v) is 6.24. The van der Waals surface area contributed by atoms with Crippen molar-refractivity contribution in [3.05, 3.63) is 54.1 Å². The van der Waals surface area contributed by atoms with Gasteiger partial charge in [0.1, 0.15) is 22.9 Å². The summed E-state index contributed by atoms with van der Waals surface area (Å²) in [6.45, 7) is 0. The van der Waals surface area contributed by atoms with Crippen LogP contribution in [0.1, 0.15) is 5.56 Å². The van der Waals surface area contributed by atoms with Crippen molar-refractivity contribution in [3.8, 4) is 17.2 Å². The Labute approximate surface area is 122 Å². The van der Waals surface area contributed by atoms with E-state index >= 15 is 0 Å². The summed E-state index contributed by atoms with van der Waals surface area (Å²) in [6, 6.07) is 11.4. The van der Waals surface area contributed by atoms with Crippen LogP contribution in [0.3, 0.4) is 0 Å². The number of hydrogen-bond acceptors (Lipinski definition) is 4. The Bertz CT molecular complexity index is 642. The molecule has 0 radical (unpaired) electrons. The zero-order chi connectivity index (χ0) is 15.2. The number of benzene rings is 2. The molecule has 0 aliphatic rings. The lowest BCUT2D eigenvalue weighted by atomic mass is 10.2. The van der Waals surface area contributed by atoms with Gasteiger partial charge in [0.05, 0.1) is 7.11 Å². The second-order valence-electron chi connectivity index (χ2n) is 4.27. The van der Waals surface area contributed by atoms with Crippen molar-refractivity contribution in [3.63, 3.8) is 0 Å². The summed E-state index contributed by atoms with van der Waals surface area (Å²) in [5, 5.41) is 21.6. The molecule has 0 saturated carbocycles. The van der Waals surface area contributed by atoms with Gasteiger partial charge in [-0.1, -0.05) is 18.2 Å². The van der Waals surface area contributed by atoms with Gasteiger partial charge in [-0.3, -0.25) is 4.79 Å². The number of hydrogen-bond donors (Lipinski definition) is 3. The van der Waals surface area contributed by atoms with Crippen molar-refractivity contribution >= 4 is 17.7 Å². The highest BCUT2D eigenvalue weighted by Crippen LogP contribution is 2.32. The zero-order valence-electron chi connectivity index (χ0n) is 11.4. The van der Waals surface area contributed by atoms with Gasteiger partial charge in [-0.2, -0.15) is 0 Å². The van der Waals surface area contributed by atoms with Crippen LogP contribution < -0.4 is 10.1 Å². The summed E-state index contributed by atoms with van der Waals surface area (Å²) >= 11 is 0. The van der Waals surface area contributed by atoms with Crippen LogP contribution in [-0.4, -0.2) is 23.2 Å². The van der Waals surface area contributed by atoms with Crippen molar-refractivity contribution in [2.45, 2.75) is 0 Å². The Kier molecular flexibility index (Phi) is 4.46. The zero-order valence-corrected chi connectivity index (χ0v) is 11.4. The number of phenols is 2. The minimum absolute atomic E-state index is 0.0121. The molecule has 0 spiro atoms. The fourth-order valence-electron chi connectivity index (χ4n) is 1.71. The molecule has 0 unspecified atom stereocenters. The molecular formula is C16H15NO4. The van der Waals surface area contributed by atoms with E-state index in [4.69, 9.17) is 4.74 Å². The highest BCUT2D eigenvalue weighted by Gasteiger charge is 2.08. The monoisotopic (exact) mass is 285 g/mol. The van der Waals surface area contributed by atoms with Gasteiger partial charge in [-0.15, -0.1) is 0 Å². The minimum Gasteiger partial charge on any atom is -0.506 e. The van der Waals surface area contributed by atoms with Gasteiger partial charge in [-0.25, -0.2) is 0 Å². The highest BCUT2D eigenvalue weighted by molar-refractivity contribution is 6.03. The van der Waals surface area contributed by atoms with Gasteiger partial charge in [0.2, 0.25) is 5.91 Å². The smallest absolute Gasteiger partial charge is 0.248 e. The van der Waals surface area contributed by atoms with Gasteiger partial charge in [-0.05, 0) is 35.9 Å². The van der Waals surface area contributed by atoms with Crippen LogP contribution in [0.25, 0.3) is 6.08 Å². The molecule has 108 valence electrons. The highest BCUT2D eigenvalue weighted by atomic mass is 16.5. The van der Waals surface area contributed by atoms with Crippen LogP contribution in [0, 0.1) is 0 Å². The standard InChI is InChI=1S/C16H15NO4/c1-21-12-8-5-11(6-9-12)7-10-15(20)17-16-13(18)3-2-4-14(16)19/h2-10,18-19H,1H3,(H,17,20)/b10-7+. The average molecular weight is 285 g/mol. The summed E-state index contributed by atoms with van der Waals surface area (Å²) in [4.78, 5) is 11.8. The quantitative estimate of drug-likeness (QED) is 0.596. The first-order valence-electron chi connectivity index (χ1n) is 6.24. The first-order chi connectivity index (χ1) is 10.1. The van der Waals surface area contributed by atoms with Crippen molar-refractivity contribution in [1.82, 2.24) is 0 Å². The van der Waals surface area contributed by atoms with Gasteiger partial charge in [0, 0.05) is 6.08 Å². The SMILES string of the molecule is COc1ccc(/C=C/C(=O)Nc2c(O)cccc2O)cc1. The van der Waals surface area contributed by atoms with E-state index in [-0.39, 0.29) is 17.2 Å². The van der Waals surface area contributed by atoms with E-state index in [0.29, 0.717) is 0 Å². The number of para-hydroxylation sites is 1. The first kappa shape index (κ1) is 14.5. The van der Waals surface area contributed by atoms with Crippen LogP contribution >= 0.6 is 0 Å². The molecule has 0 aliphatic heterocycles. The summed E-state index contributed by atoms with van der Waals surface area (Å²) in [7, 11) is 1.58.